The molecule has 1 saturated heterocycles. The van der Waals surface area contributed by atoms with E-state index in [-0.39, 0.29) is 11.9 Å². The number of amides is 1. The Bertz CT molecular complexity index is 632. The van der Waals surface area contributed by atoms with Crippen LogP contribution in [0.5, 0.6) is 0 Å². The Labute approximate surface area is 128 Å². The van der Waals surface area contributed by atoms with Crippen molar-refractivity contribution >= 4 is 17.2 Å². The van der Waals surface area contributed by atoms with Crippen LogP contribution in [0.1, 0.15) is 28.9 Å². The largest absolute Gasteiger partial charge is 0.348 e. The minimum Gasteiger partial charge on any atom is -0.348 e. The zero-order chi connectivity index (χ0) is 14.7. The predicted molar refractivity (Wildman–Crippen MR) is 85.6 cm³/mol. The van der Waals surface area contributed by atoms with Crippen LogP contribution in [0.15, 0.2) is 29.6 Å². The highest BCUT2D eigenvalue weighted by Crippen LogP contribution is 2.26. The van der Waals surface area contributed by atoms with Crippen molar-refractivity contribution in [3.63, 3.8) is 0 Å². The average molecular weight is 301 g/mol. The maximum atomic E-state index is 12.3. The molecule has 4 nitrogen and oxygen atoms in total. The molecular formula is C16H19N3OS. The third kappa shape index (κ3) is 3.31. The van der Waals surface area contributed by atoms with E-state index in [1.807, 2.05) is 23.6 Å². The van der Waals surface area contributed by atoms with Crippen LogP contribution < -0.4 is 10.6 Å². The van der Waals surface area contributed by atoms with E-state index in [4.69, 9.17) is 0 Å². The van der Waals surface area contributed by atoms with Crippen LogP contribution in [0.25, 0.3) is 10.6 Å². The van der Waals surface area contributed by atoms with E-state index in [1.54, 1.807) is 0 Å². The van der Waals surface area contributed by atoms with E-state index in [1.165, 1.54) is 16.9 Å². The Hall–Kier alpha value is -1.72. The summed E-state index contributed by atoms with van der Waals surface area (Å²) in [6, 6.07) is 8.38. The summed E-state index contributed by atoms with van der Waals surface area (Å²) in [6.45, 7) is 4.00. The molecule has 110 valence electrons. The van der Waals surface area contributed by atoms with Gasteiger partial charge in [0.05, 0.1) is 0 Å². The van der Waals surface area contributed by atoms with E-state index in [2.05, 4.69) is 28.6 Å². The van der Waals surface area contributed by atoms with E-state index < -0.39 is 0 Å². The fourth-order valence-corrected chi connectivity index (χ4v) is 3.43. The number of rotatable bonds is 3. The van der Waals surface area contributed by atoms with Gasteiger partial charge >= 0.3 is 0 Å². The summed E-state index contributed by atoms with van der Waals surface area (Å²) in [7, 11) is 0. The molecule has 1 amide bonds. The summed E-state index contributed by atoms with van der Waals surface area (Å²) >= 11 is 1.52. The second-order valence-electron chi connectivity index (χ2n) is 5.35. The van der Waals surface area contributed by atoms with Gasteiger partial charge in [-0.05, 0) is 38.4 Å². The molecule has 0 atom stereocenters. The minimum atomic E-state index is -0.0574. The van der Waals surface area contributed by atoms with Gasteiger partial charge in [-0.1, -0.05) is 24.3 Å². The SMILES string of the molecule is Cc1ccccc1-c1nc(C(=O)NC2CCNCC2)cs1. The average Bonchev–Trinajstić information content (AvgIpc) is 2.98. The molecule has 1 aromatic carbocycles. The Kier molecular flexibility index (Phi) is 4.31. The van der Waals surface area contributed by atoms with Crippen molar-refractivity contribution in [2.24, 2.45) is 0 Å². The molecule has 2 aromatic rings. The van der Waals surface area contributed by atoms with Gasteiger partial charge in [-0.2, -0.15) is 0 Å². The zero-order valence-corrected chi connectivity index (χ0v) is 12.9. The van der Waals surface area contributed by atoms with Gasteiger partial charge in [0.1, 0.15) is 10.7 Å². The van der Waals surface area contributed by atoms with Gasteiger partial charge in [0.25, 0.3) is 5.91 Å². The van der Waals surface area contributed by atoms with Crippen LogP contribution in [0.2, 0.25) is 0 Å². The highest BCUT2D eigenvalue weighted by Gasteiger charge is 2.18. The molecule has 3 rings (SSSR count). The number of piperidine rings is 1. The molecular weight excluding hydrogens is 282 g/mol. The molecule has 1 aromatic heterocycles. The van der Waals surface area contributed by atoms with Gasteiger partial charge in [0, 0.05) is 17.0 Å². The minimum absolute atomic E-state index is 0.0574. The lowest BCUT2D eigenvalue weighted by Crippen LogP contribution is -2.42. The summed E-state index contributed by atoms with van der Waals surface area (Å²) in [5, 5.41) is 9.13. The molecule has 2 N–H and O–H groups in total. The molecule has 0 aliphatic carbocycles. The monoisotopic (exact) mass is 301 g/mol. The van der Waals surface area contributed by atoms with Gasteiger partial charge in [-0.25, -0.2) is 4.98 Å². The van der Waals surface area contributed by atoms with Crippen molar-refractivity contribution in [1.29, 1.82) is 0 Å². The van der Waals surface area contributed by atoms with E-state index in [9.17, 15) is 4.79 Å². The highest BCUT2D eigenvalue weighted by molar-refractivity contribution is 7.13. The molecule has 0 unspecified atom stereocenters. The number of aromatic nitrogens is 1. The van der Waals surface area contributed by atoms with Crippen LogP contribution in [-0.4, -0.2) is 30.0 Å². The smallest absolute Gasteiger partial charge is 0.270 e. The lowest BCUT2D eigenvalue weighted by Gasteiger charge is -2.23. The van der Waals surface area contributed by atoms with Crippen LogP contribution in [-0.2, 0) is 0 Å². The molecule has 0 saturated carbocycles. The Morgan fingerprint density at radius 1 is 1.33 bits per heavy atom. The first-order chi connectivity index (χ1) is 10.2. The maximum Gasteiger partial charge on any atom is 0.270 e. The van der Waals surface area contributed by atoms with Gasteiger partial charge in [-0.15, -0.1) is 11.3 Å². The summed E-state index contributed by atoms with van der Waals surface area (Å²) in [5.41, 5.74) is 2.80. The van der Waals surface area contributed by atoms with E-state index in [0.717, 1.165) is 36.5 Å². The number of hydrogen-bond donors (Lipinski definition) is 2. The van der Waals surface area contributed by atoms with Crippen molar-refractivity contribution in [3.05, 3.63) is 40.9 Å². The lowest BCUT2D eigenvalue weighted by molar-refractivity contribution is 0.0925. The summed E-state index contributed by atoms with van der Waals surface area (Å²) in [5.74, 6) is -0.0574. The van der Waals surface area contributed by atoms with E-state index in [0.29, 0.717) is 5.69 Å². The van der Waals surface area contributed by atoms with Crippen molar-refractivity contribution in [2.75, 3.05) is 13.1 Å². The number of carbonyl (C=O) groups excluding carboxylic acids is 1. The Balaban J connectivity index is 1.72. The fraction of sp³-hybridized carbons (Fsp3) is 0.375. The molecule has 0 spiro atoms. The normalized spacial score (nSPS) is 15.9. The lowest BCUT2D eigenvalue weighted by atomic mass is 10.1. The highest BCUT2D eigenvalue weighted by atomic mass is 32.1. The summed E-state index contributed by atoms with van der Waals surface area (Å²) < 4.78 is 0. The van der Waals surface area contributed by atoms with E-state index >= 15 is 0 Å². The second-order valence-corrected chi connectivity index (χ2v) is 6.21. The van der Waals surface area contributed by atoms with Gasteiger partial charge in [0.15, 0.2) is 0 Å². The van der Waals surface area contributed by atoms with Gasteiger partial charge in [0.2, 0.25) is 0 Å². The molecule has 1 aliphatic heterocycles. The van der Waals surface area contributed by atoms with Crippen molar-refractivity contribution in [2.45, 2.75) is 25.8 Å². The van der Waals surface area contributed by atoms with Gasteiger partial charge in [-0.3, -0.25) is 4.79 Å². The number of nitrogens with zero attached hydrogens (tertiary/aromatic N) is 1. The molecule has 1 aliphatic rings. The fourth-order valence-electron chi connectivity index (χ4n) is 2.54. The Morgan fingerprint density at radius 3 is 2.86 bits per heavy atom. The number of aryl methyl sites for hydroxylation is 1. The maximum absolute atomic E-state index is 12.3. The number of carbonyl (C=O) groups is 1. The molecule has 0 bridgehead atoms. The first-order valence-corrected chi connectivity index (χ1v) is 8.15. The van der Waals surface area contributed by atoms with Gasteiger partial charge < -0.3 is 10.6 Å². The number of thiazole rings is 1. The first kappa shape index (κ1) is 14.2. The summed E-state index contributed by atoms with van der Waals surface area (Å²) in [4.78, 5) is 16.8. The molecule has 5 heteroatoms. The molecule has 1 fully saturated rings. The Morgan fingerprint density at radius 2 is 2.10 bits per heavy atom. The van der Waals surface area contributed by atoms with Crippen LogP contribution in [0, 0.1) is 6.92 Å². The van der Waals surface area contributed by atoms with Crippen LogP contribution in [0.3, 0.4) is 0 Å². The number of benzene rings is 1. The topological polar surface area (TPSA) is 54.0 Å². The second kappa shape index (κ2) is 6.37. The molecule has 0 radical (unpaired) electrons. The quantitative estimate of drug-likeness (QED) is 0.916. The van der Waals surface area contributed by atoms with Crippen LogP contribution in [0.4, 0.5) is 0 Å². The third-order valence-corrected chi connectivity index (χ3v) is 4.66. The summed E-state index contributed by atoms with van der Waals surface area (Å²) in [6.07, 6.45) is 1.97. The van der Waals surface area contributed by atoms with Crippen molar-refractivity contribution in [3.8, 4) is 10.6 Å². The zero-order valence-electron chi connectivity index (χ0n) is 12.1. The third-order valence-electron chi connectivity index (χ3n) is 3.79. The number of nitrogens with one attached hydrogen (secondary N) is 2. The standard InChI is InChI=1S/C16H19N3OS/c1-11-4-2-3-5-13(11)16-19-14(10-21-16)15(20)18-12-6-8-17-9-7-12/h2-5,10,12,17H,6-9H2,1H3,(H,18,20). The van der Waals surface area contributed by atoms with Crippen LogP contribution >= 0.6 is 11.3 Å². The predicted octanol–water partition coefficient (Wildman–Crippen LogP) is 2.60. The molecule has 21 heavy (non-hydrogen) atoms. The number of hydrogen-bond acceptors (Lipinski definition) is 4. The van der Waals surface area contributed by atoms with Crippen molar-refractivity contribution in [1.82, 2.24) is 15.6 Å². The first-order valence-electron chi connectivity index (χ1n) is 7.27. The van der Waals surface area contributed by atoms with Crippen molar-refractivity contribution < 1.29 is 4.79 Å². The molecule has 2 heterocycles.